The normalized spacial score (nSPS) is 18.8. The van der Waals surface area contributed by atoms with Gasteiger partial charge in [0.2, 0.25) is 0 Å². The monoisotopic (exact) mass is 280 g/mol. The van der Waals surface area contributed by atoms with Gasteiger partial charge in [-0.25, -0.2) is 0 Å². The predicted molar refractivity (Wildman–Crippen MR) is 74.1 cm³/mol. The SMILES string of the molecule is NC1Cc2ccccc2N(Cc2nnsc2Cl)C1. The van der Waals surface area contributed by atoms with E-state index in [2.05, 4.69) is 26.6 Å². The standard InChI is InChI=1S/C12H13ClN4S/c13-12-10(15-16-18-12)7-17-6-9(14)5-8-3-1-2-4-11(8)17/h1-4,9H,5-7,14H2. The van der Waals surface area contributed by atoms with Crippen LogP contribution in [0.2, 0.25) is 4.34 Å². The lowest BCUT2D eigenvalue weighted by Gasteiger charge is -2.34. The first kappa shape index (κ1) is 11.9. The van der Waals surface area contributed by atoms with Crippen molar-refractivity contribution < 1.29 is 0 Å². The number of hydrogen-bond acceptors (Lipinski definition) is 5. The van der Waals surface area contributed by atoms with Gasteiger partial charge in [0.15, 0.2) is 0 Å². The number of anilines is 1. The Morgan fingerprint density at radius 3 is 3.06 bits per heavy atom. The van der Waals surface area contributed by atoms with Crippen LogP contribution in [0.25, 0.3) is 0 Å². The summed E-state index contributed by atoms with van der Waals surface area (Å²) in [5.74, 6) is 0. The molecule has 0 aliphatic carbocycles. The number of hydrogen-bond donors (Lipinski definition) is 1. The van der Waals surface area contributed by atoms with Crippen LogP contribution in [-0.4, -0.2) is 22.2 Å². The second-order valence-electron chi connectivity index (χ2n) is 4.47. The highest BCUT2D eigenvalue weighted by molar-refractivity contribution is 7.10. The lowest BCUT2D eigenvalue weighted by molar-refractivity contribution is 0.595. The van der Waals surface area contributed by atoms with E-state index in [1.165, 1.54) is 22.8 Å². The smallest absolute Gasteiger partial charge is 0.139 e. The summed E-state index contributed by atoms with van der Waals surface area (Å²) in [6.07, 6.45) is 0.926. The zero-order valence-electron chi connectivity index (χ0n) is 9.71. The van der Waals surface area contributed by atoms with Crippen molar-refractivity contribution in [2.24, 2.45) is 5.73 Å². The third-order valence-corrected chi connectivity index (χ3v) is 4.10. The third kappa shape index (κ3) is 2.21. The van der Waals surface area contributed by atoms with Gasteiger partial charge in [0.05, 0.1) is 6.54 Å². The molecular weight excluding hydrogens is 268 g/mol. The van der Waals surface area contributed by atoms with E-state index in [-0.39, 0.29) is 6.04 Å². The summed E-state index contributed by atoms with van der Waals surface area (Å²) in [7, 11) is 0. The van der Waals surface area contributed by atoms with Gasteiger partial charge in [0.1, 0.15) is 10.0 Å². The first-order chi connectivity index (χ1) is 8.74. The minimum atomic E-state index is 0.158. The van der Waals surface area contributed by atoms with Gasteiger partial charge in [-0.2, -0.15) is 0 Å². The summed E-state index contributed by atoms with van der Waals surface area (Å²) in [4.78, 5) is 2.23. The highest BCUT2D eigenvalue weighted by atomic mass is 35.5. The van der Waals surface area contributed by atoms with Crippen molar-refractivity contribution in [1.29, 1.82) is 0 Å². The first-order valence-electron chi connectivity index (χ1n) is 5.79. The molecule has 18 heavy (non-hydrogen) atoms. The fraction of sp³-hybridized carbons (Fsp3) is 0.333. The zero-order chi connectivity index (χ0) is 12.5. The second kappa shape index (κ2) is 4.84. The number of nitrogens with two attached hydrogens (primary N) is 1. The molecule has 1 atom stereocenters. The Morgan fingerprint density at radius 1 is 1.44 bits per heavy atom. The quantitative estimate of drug-likeness (QED) is 0.915. The number of rotatable bonds is 2. The Hall–Kier alpha value is -1.17. The molecule has 0 spiro atoms. The predicted octanol–water partition coefficient (Wildman–Crippen LogP) is 2.08. The van der Waals surface area contributed by atoms with Crippen molar-refractivity contribution in [2.45, 2.75) is 19.0 Å². The molecule has 0 saturated heterocycles. The Kier molecular flexibility index (Phi) is 3.20. The van der Waals surface area contributed by atoms with Gasteiger partial charge in [0.25, 0.3) is 0 Å². The van der Waals surface area contributed by atoms with Crippen molar-refractivity contribution in [3.63, 3.8) is 0 Å². The largest absolute Gasteiger partial charge is 0.364 e. The zero-order valence-corrected chi connectivity index (χ0v) is 11.3. The molecule has 2 N–H and O–H groups in total. The van der Waals surface area contributed by atoms with Gasteiger partial charge in [-0.1, -0.05) is 34.3 Å². The van der Waals surface area contributed by atoms with Crippen LogP contribution in [0.4, 0.5) is 5.69 Å². The maximum Gasteiger partial charge on any atom is 0.139 e. The van der Waals surface area contributed by atoms with Gasteiger partial charge >= 0.3 is 0 Å². The number of benzene rings is 1. The molecule has 1 aliphatic heterocycles. The summed E-state index contributed by atoms with van der Waals surface area (Å²) in [5.41, 5.74) is 9.44. The van der Waals surface area contributed by atoms with Crippen molar-refractivity contribution >= 4 is 28.8 Å². The molecule has 0 radical (unpaired) electrons. The molecule has 3 rings (SSSR count). The van der Waals surface area contributed by atoms with E-state index in [1.54, 1.807) is 0 Å². The van der Waals surface area contributed by atoms with Crippen LogP contribution in [-0.2, 0) is 13.0 Å². The number of fused-ring (bicyclic) bond motifs is 1. The first-order valence-corrected chi connectivity index (χ1v) is 6.94. The number of nitrogens with zero attached hydrogens (tertiary/aromatic N) is 3. The summed E-state index contributed by atoms with van der Waals surface area (Å²) in [6, 6.07) is 8.50. The van der Waals surface area contributed by atoms with E-state index in [1.807, 2.05) is 12.1 Å². The van der Waals surface area contributed by atoms with Crippen molar-refractivity contribution in [1.82, 2.24) is 9.59 Å². The van der Waals surface area contributed by atoms with E-state index < -0.39 is 0 Å². The molecular formula is C12H13ClN4S. The molecule has 1 aromatic heterocycles. The van der Waals surface area contributed by atoms with Crippen LogP contribution in [0.15, 0.2) is 24.3 Å². The van der Waals surface area contributed by atoms with Crippen LogP contribution < -0.4 is 10.6 Å². The molecule has 0 bridgehead atoms. The number of halogens is 1. The lowest BCUT2D eigenvalue weighted by Crippen LogP contribution is -2.43. The third-order valence-electron chi connectivity index (χ3n) is 3.12. The Labute approximate surface area is 115 Å². The van der Waals surface area contributed by atoms with Gasteiger partial charge in [-0.05, 0) is 18.1 Å². The molecule has 0 fully saturated rings. The summed E-state index contributed by atoms with van der Waals surface area (Å²) in [6.45, 7) is 1.49. The molecule has 1 aliphatic rings. The topological polar surface area (TPSA) is 55.0 Å². The Bertz CT molecular complexity index is 557. The van der Waals surface area contributed by atoms with Crippen LogP contribution in [0.3, 0.4) is 0 Å². The lowest BCUT2D eigenvalue weighted by atomic mass is 9.98. The molecule has 6 heteroatoms. The Balaban J connectivity index is 1.91. The van der Waals surface area contributed by atoms with Gasteiger partial charge < -0.3 is 10.6 Å². The molecule has 4 nitrogen and oxygen atoms in total. The van der Waals surface area contributed by atoms with Crippen LogP contribution in [0.1, 0.15) is 11.3 Å². The molecule has 2 heterocycles. The molecule has 94 valence electrons. The van der Waals surface area contributed by atoms with E-state index >= 15 is 0 Å². The molecule has 1 unspecified atom stereocenters. The van der Waals surface area contributed by atoms with Crippen LogP contribution in [0.5, 0.6) is 0 Å². The summed E-state index contributed by atoms with van der Waals surface area (Å²) < 4.78 is 4.52. The second-order valence-corrected chi connectivity index (χ2v) is 5.82. The molecule has 0 saturated carbocycles. The molecule has 2 aromatic rings. The van der Waals surface area contributed by atoms with Crippen LogP contribution in [0, 0.1) is 0 Å². The van der Waals surface area contributed by atoms with Gasteiger partial charge in [0, 0.05) is 29.8 Å². The van der Waals surface area contributed by atoms with E-state index in [0.29, 0.717) is 10.9 Å². The highest BCUT2D eigenvalue weighted by Gasteiger charge is 2.23. The number of aromatic nitrogens is 2. The summed E-state index contributed by atoms with van der Waals surface area (Å²) in [5, 5.41) is 4.06. The fourth-order valence-electron chi connectivity index (χ4n) is 2.34. The maximum absolute atomic E-state index is 6.10. The minimum Gasteiger partial charge on any atom is -0.364 e. The highest BCUT2D eigenvalue weighted by Crippen LogP contribution is 2.29. The molecule has 0 amide bonds. The average molecular weight is 281 g/mol. The van der Waals surface area contributed by atoms with Crippen LogP contribution >= 0.6 is 23.1 Å². The minimum absolute atomic E-state index is 0.158. The summed E-state index contributed by atoms with van der Waals surface area (Å²) >= 11 is 7.28. The average Bonchev–Trinajstić information content (AvgIpc) is 2.75. The van der Waals surface area contributed by atoms with Crippen molar-refractivity contribution in [2.75, 3.05) is 11.4 Å². The van der Waals surface area contributed by atoms with Crippen molar-refractivity contribution in [3.05, 3.63) is 39.9 Å². The van der Waals surface area contributed by atoms with E-state index in [4.69, 9.17) is 17.3 Å². The maximum atomic E-state index is 6.10. The molecule has 1 aromatic carbocycles. The fourth-order valence-corrected chi connectivity index (χ4v) is 2.95. The van der Waals surface area contributed by atoms with Crippen molar-refractivity contribution in [3.8, 4) is 0 Å². The van der Waals surface area contributed by atoms with Gasteiger partial charge in [-0.3, -0.25) is 0 Å². The van der Waals surface area contributed by atoms with E-state index in [9.17, 15) is 0 Å². The Morgan fingerprint density at radius 2 is 2.28 bits per heavy atom. The van der Waals surface area contributed by atoms with Gasteiger partial charge in [-0.15, -0.1) is 5.10 Å². The van der Waals surface area contributed by atoms with E-state index in [0.717, 1.165) is 18.7 Å². The number of para-hydroxylation sites is 1.